The maximum absolute atomic E-state index is 2.47. The van der Waals surface area contributed by atoms with Crippen molar-refractivity contribution in [3.63, 3.8) is 0 Å². The molecule has 4 aliphatic heterocycles. The van der Waals surface area contributed by atoms with Crippen molar-refractivity contribution in [2.24, 2.45) is 0 Å². The van der Waals surface area contributed by atoms with Crippen LogP contribution in [0.5, 0.6) is 0 Å². The molecule has 13 rings (SSSR count). The third kappa shape index (κ3) is 6.03. The fourth-order valence-electron chi connectivity index (χ4n) is 10.5. The van der Waals surface area contributed by atoms with Crippen molar-refractivity contribution in [2.45, 2.75) is 53.0 Å². The summed E-state index contributed by atoms with van der Waals surface area (Å²) in [5.41, 5.74) is 18.5. The number of benzene rings is 9. The summed E-state index contributed by atoms with van der Waals surface area (Å²) in [6, 6.07) is 71.5. The largest absolute Gasteiger partial charge is 0.310 e. The van der Waals surface area contributed by atoms with Crippen LogP contribution in [0, 0.1) is 13.8 Å². The molecule has 0 saturated heterocycles. The molecule has 64 heavy (non-hydrogen) atoms. The van der Waals surface area contributed by atoms with Crippen LogP contribution in [0.2, 0.25) is 0 Å². The number of rotatable bonds is 6. The van der Waals surface area contributed by atoms with E-state index >= 15 is 0 Å². The maximum atomic E-state index is 2.47. The van der Waals surface area contributed by atoms with Crippen LogP contribution in [0.25, 0.3) is 0 Å². The molecule has 0 amide bonds. The highest BCUT2D eigenvalue weighted by atomic mass is 32.2. The van der Waals surface area contributed by atoms with E-state index in [4.69, 9.17) is 0 Å². The van der Waals surface area contributed by atoms with E-state index in [0.29, 0.717) is 0 Å². The summed E-state index contributed by atoms with van der Waals surface area (Å²) < 4.78 is 0. The molecule has 302 valence electrons. The van der Waals surface area contributed by atoms with Gasteiger partial charge in [0.2, 0.25) is 13.4 Å². The molecule has 0 fully saturated rings. The molecule has 0 atom stereocenters. The number of fused-ring (bicyclic) bond motifs is 8. The van der Waals surface area contributed by atoms with Crippen LogP contribution in [0.4, 0.5) is 34.1 Å². The summed E-state index contributed by atoms with van der Waals surface area (Å²) in [6.07, 6.45) is 0. The van der Waals surface area contributed by atoms with Gasteiger partial charge in [-0.15, -0.1) is 0 Å². The zero-order valence-electron chi connectivity index (χ0n) is 35.2. The second kappa shape index (κ2) is 15.4. The molecule has 0 radical (unpaired) electrons. The van der Waals surface area contributed by atoms with Crippen LogP contribution >= 0.6 is 47.0 Å². The quantitative estimate of drug-likeness (QED) is 0.152. The lowest BCUT2D eigenvalue weighted by Crippen LogP contribution is -2.64. The number of hydrogen-bond acceptors (Lipinski definition) is 6. The Kier molecular flexibility index (Phi) is 9.27. The number of hydrogen-bond donors (Lipinski definition) is 0. The lowest BCUT2D eigenvalue weighted by atomic mass is 9.32. The van der Waals surface area contributed by atoms with Gasteiger partial charge in [0.15, 0.2) is 0 Å². The third-order valence-electron chi connectivity index (χ3n) is 13.2. The van der Waals surface area contributed by atoms with Gasteiger partial charge in [0, 0.05) is 73.3 Å². The first-order valence-electron chi connectivity index (χ1n) is 21.8. The molecule has 4 aliphatic rings. The van der Waals surface area contributed by atoms with Gasteiger partial charge in [-0.1, -0.05) is 184 Å². The highest BCUT2D eigenvalue weighted by Crippen LogP contribution is 2.49. The van der Waals surface area contributed by atoms with Crippen LogP contribution in [-0.4, -0.2) is 13.4 Å². The molecule has 0 unspecified atom stereocenters. The Morgan fingerprint density at radius 3 is 0.969 bits per heavy atom. The zero-order valence-corrected chi connectivity index (χ0v) is 38.4. The molecule has 0 spiro atoms. The van der Waals surface area contributed by atoms with Gasteiger partial charge in [0.1, 0.15) is 0 Å². The lowest BCUT2D eigenvalue weighted by molar-refractivity contribution is 1.17. The van der Waals surface area contributed by atoms with Crippen molar-refractivity contribution in [2.75, 3.05) is 9.80 Å². The molecule has 9 aromatic carbocycles. The van der Waals surface area contributed by atoms with Crippen molar-refractivity contribution >= 4 is 127 Å². The van der Waals surface area contributed by atoms with E-state index in [2.05, 4.69) is 218 Å². The molecule has 0 N–H and O–H groups in total. The highest BCUT2D eigenvalue weighted by Gasteiger charge is 2.46. The molecule has 0 aromatic heterocycles. The van der Waals surface area contributed by atoms with Crippen LogP contribution in [0.15, 0.2) is 233 Å². The lowest BCUT2D eigenvalue weighted by Gasteiger charge is -2.40. The first-order chi connectivity index (χ1) is 31.6. The van der Waals surface area contributed by atoms with E-state index < -0.39 is 0 Å². The van der Waals surface area contributed by atoms with Crippen molar-refractivity contribution in [3.05, 3.63) is 205 Å². The van der Waals surface area contributed by atoms with Gasteiger partial charge < -0.3 is 9.80 Å². The summed E-state index contributed by atoms with van der Waals surface area (Å²) in [5, 5.41) is 0. The fourth-order valence-corrected chi connectivity index (χ4v) is 15.8. The van der Waals surface area contributed by atoms with Crippen LogP contribution < -0.4 is 42.6 Å². The van der Waals surface area contributed by atoms with Gasteiger partial charge in [-0.2, -0.15) is 0 Å². The standard InChI is InChI=1S/C56H38B2N2S4/c1-35-51-55(63-49-33-41(31-47-53(49)57(51)43-27-15-17-29-45(43)61-47)59(37-19-7-3-8-20-37)38-21-9-4-10-22-38)36(2)56-52(35)58-44-28-16-18-30-46(44)62-48-32-42(34-50(64-56)54(48)58)60(39-23-11-5-12-24-39)40-25-13-6-14-26-40/h3-34H,1-2H3. The van der Waals surface area contributed by atoms with Crippen LogP contribution in [0.3, 0.4) is 0 Å². The monoisotopic (exact) mass is 888 g/mol. The zero-order chi connectivity index (χ0) is 42.5. The molecule has 0 bridgehead atoms. The molecule has 4 heterocycles. The first-order valence-corrected chi connectivity index (χ1v) is 25.1. The third-order valence-corrected chi connectivity index (χ3v) is 18.1. The van der Waals surface area contributed by atoms with E-state index in [1.165, 1.54) is 94.4 Å². The molecule has 9 aromatic rings. The topological polar surface area (TPSA) is 6.48 Å². The number of nitrogens with zero attached hydrogens (tertiary/aromatic N) is 2. The molecular weight excluding hydrogens is 851 g/mol. The van der Waals surface area contributed by atoms with Crippen molar-refractivity contribution in [3.8, 4) is 0 Å². The smallest absolute Gasteiger partial charge is 0.247 e. The predicted octanol–water partition coefficient (Wildman–Crippen LogP) is 12.1. The van der Waals surface area contributed by atoms with Crippen molar-refractivity contribution < 1.29 is 0 Å². The van der Waals surface area contributed by atoms with E-state index in [0.717, 1.165) is 22.7 Å². The van der Waals surface area contributed by atoms with E-state index in [9.17, 15) is 0 Å². The summed E-state index contributed by atoms with van der Waals surface area (Å²) in [4.78, 5) is 15.7. The SMILES string of the molecule is Cc1c2c(c(C)c3c1Sc1cc(N(c4ccccc4)c4ccccc4)cc4c1B3c1ccccc1S4)B1c3ccccc3Sc3cc(N(c4ccccc4)c4ccccc4)cc(c31)S2. The predicted molar refractivity (Wildman–Crippen MR) is 277 cm³/mol. The summed E-state index contributed by atoms with van der Waals surface area (Å²) in [7, 11) is 0. The average Bonchev–Trinajstić information content (AvgIpc) is 3.34. The minimum absolute atomic E-state index is 0.130. The Hall–Kier alpha value is -5.89. The second-order valence-corrected chi connectivity index (χ2v) is 21.1. The number of para-hydroxylation sites is 4. The molecule has 0 aliphatic carbocycles. The molecule has 2 nitrogen and oxygen atoms in total. The fraction of sp³-hybridized carbons (Fsp3) is 0.0357. The molecule has 8 heteroatoms. The minimum Gasteiger partial charge on any atom is -0.310 e. The average molecular weight is 889 g/mol. The van der Waals surface area contributed by atoms with Gasteiger partial charge in [-0.05, 0) is 115 Å². The molecular formula is C56H38B2N2S4. The van der Waals surface area contributed by atoms with Crippen LogP contribution in [-0.2, 0) is 0 Å². The highest BCUT2D eigenvalue weighted by molar-refractivity contribution is 8.02. The van der Waals surface area contributed by atoms with Gasteiger partial charge in [0.25, 0.3) is 0 Å². The summed E-state index contributed by atoms with van der Waals surface area (Å²) in [5.74, 6) is 0. The normalized spacial score (nSPS) is 13.5. The van der Waals surface area contributed by atoms with E-state index in [1.54, 1.807) is 0 Å². The Morgan fingerprint density at radius 1 is 0.297 bits per heavy atom. The Morgan fingerprint density at radius 2 is 0.609 bits per heavy atom. The van der Waals surface area contributed by atoms with Crippen molar-refractivity contribution in [1.82, 2.24) is 0 Å². The maximum Gasteiger partial charge on any atom is 0.247 e. The van der Waals surface area contributed by atoms with E-state index in [1.807, 2.05) is 47.0 Å². The first kappa shape index (κ1) is 38.6. The van der Waals surface area contributed by atoms with Gasteiger partial charge in [0.05, 0.1) is 0 Å². The minimum atomic E-state index is 0.130. The van der Waals surface area contributed by atoms with Crippen molar-refractivity contribution in [1.29, 1.82) is 0 Å². The summed E-state index contributed by atoms with van der Waals surface area (Å²) in [6.45, 7) is 5.12. The Labute approximate surface area is 392 Å². The Bertz CT molecular complexity index is 3030. The van der Waals surface area contributed by atoms with E-state index in [-0.39, 0.29) is 13.4 Å². The Balaban J connectivity index is 1.03. The summed E-state index contributed by atoms with van der Waals surface area (Å²) >= 11 is 7.84. The second-order valence-electron chi connectivity index (χ2n) is 16.8. The number of anilines is 6. The van der Waals surface area contributed by atoms with Crippen LogP contribution in [0.1, 0.15) is 11.1 Å². The molecule has 0 saturated carbocycles. The van der Waals surface area contributed by atoms with Gasteiger partial charge in [-0.3, -0.25) is 0 Å². The van der Waals surface area contributed by atoms with Gasteiger partial charge >= 0.3 is 0 Å². The van der Waals surface area contributed by atoms with Gasteiger partial charge in [-0.25, -0.2) is 0 Å².